The molecule has 0 radical (unpaired) electrons. The maximum atomic E-state index is 13.5. The summed E-state index contributed by atoms with van der Waals surface area (Å²) in [6.07, 6.45) is 4.61. The second kappa shape index (κ2) is 22.9. The Bertz CT molecular complexity index is 3650. The minimum Gasteiger partial charge on any atom is -0.427 e. The predicted molar refractivity (Wildman–Crippen MR) is 295 cm³/mol. The molecule has 0 spiro atoms. The third-order valence-corrected chi connectivity index (χ3v) is 16.0. The van der Waals surface area contributed by atoms with Gasteiger partial charge in [0.25, 0.3) is 0 Å². The first-order valence-corrected chi connectivity index (χ1v) is 27.2. The molecule has 372 valence electrons. The van der Waals surface area contributed by atoms with Gasteiger partial charge in [-0.1, -0.05) is 135 Å². The summed E-state index contributed by atoms with van der Waals surface area (Å²) in [7, 11) is -7.62. The molecule has 0 amide bonds. The van der Waals surface area contributed by atoms with Gasteiger partial charge in [0.2, 0.25) is 19.7 Å². The minimum absolute atomic E-state index is 0.0819. The molecule has 0 saturated carbocycles. The highest BCUT2D eigenvalue weighted by atomic mass is 32.2. The van der Waals surface area contributed by atoms with Gasteiger partial charge in [-0.2, -0.15) is 0 Å². The average Bonchev–Trinajstić information content (AvgIpc) is 3.45. The number of ether oxygens (including phenoxy) is 2. The Morgan fingerprint density at radius 1 is 0.440 bits per heavy atom. The van der Waals surface area contributed by atoms with E-state index in [1.165, 1.54) is 48.5 Å². The van der Waals surface area contributed by atoms with E-state index >= 15 is 0 Å². The van der Waals surface area contributed by atoms with Gasteiger partial charge in [-0.05, 0) is 173 Å². The van der Waals surface area contributed by atoms with Crippen molar-refractivity contribution in [2.75, 3.05) is 4.90 Å². The number of carbonyl (C=O) groups excluding carboxylic acids is 2. The van der Waals surface area contributed by atoms with E-state index in [4.69, 9.17) is 9.47 Å². The molecule has 0 aliphatic carbocycles. The van der Waals surface area contributed by atoms with Crippen molar-refractivity contribution in [3.8, 4) is 11.5 Å². The molecule has 0 heterocycles. The summed E-state index contributed by atoms with van der Waals surface area (Å²) in [5.41, 5.74) is 11.2. The van der Waals surface area contributed by atoms with Crippen molar-refractivity contribution in [1.82, 2.24) is 0 Å². The van der Waals surface area contributed by atoms with E-state index in [2.05, 4.69) is 115 Å². The zero-order chi connectivity index (χ0) is 52.4. The molecular weight excluding hydrogens is 975 g/mol. The lowest BCUT2D eigenvalue weighted by Gasteiger charge is -2.26. The Labute approximate surface area is 438 Å². The summed E-state index contributed by atoms with van der Waals surface area (Å²) in [5.74, 6) is -0.521. The van der Waals surface area contributed by atoms with Crippen LogP contribution in [0.4, 0.5) is 17.1 Å². The number of anilines is 3. The Morgan fingerprint density at radius 3 is 1.13 bits per heavy atom. The topological polar surface area (TPSA) is 124 Å². The highest BCUT2D eigenvalue weighted by molar-refractivity contribution is 7.91. The number of rotatable bonds is 18. The fourth-order valence-corrected chi connectivity index (χ4v) is 11.0. The second-order valence-electron chi connectivity index (χ2n) is 17.6. The van der Waals surface area contributed by atoms with Gasteiger partial charge in [0.1, 0.15) is 11.5 Å². The van der Waals surface area contributed by atoms with Crippen molar-refractivity contribution >= 4 is 60.3 Å². The van der Waals surface area contributed by atoms with Crippen LogP contribution in [0.15, 0.2) is 263 Å². The van der Waals surface area contributed by atoms with Crippen LogP contribution in [0.25, 0.3) is 11.6 Å². The molecule has 0 bridgehead atoms. The lowest BCUT2D eigenvalue weighted by molar-refractivity contribution is -0.134. The summed E-state index contributed by atoms with van der Waals surface area (Å²) >= 11 is 0. The molecule has 9 nitrogen and oxygen atoms in total. The SMILES string of the molecule is C=CC(=O)Oc1ccc(S(=O)(=O)c2ccc(Cc3ccc(N(c4ccc(C=C(c5ccccc5)c5ccccc5)cc4)c4ccc(Cc5ccc(S(=O)(=O)c6ccc(OC(=O)CC)cc6)cc5)cc4)cc3)cc2)cc1. The van der Waals surface area contributed by atoms with Crippen molar-refractivity contribution in [2.45, 2.75) is 45.8 Å². The van der Waals surface area contributed by atoms with Gasteiger partial charge in [-0.3, -0.25) is 4.79 Å². The molecule has 0 atom stereocenters. The Balaban J connectivity index is 0.953. The first-order valence-electron chi connectivity index (χ1n) is 24.2. The van der Waals surface area contributed by atoms with Crippen LogP contribution in [0.1, 0.15) is 52.3 Å². The van der Waals surface area contributed by atoms with Crippen LogP contribution in [-0.2, 0) is 42.1 Å². The minimum atomic E-state index is -3.82. The van der Waals surface area contributed by atoms with Crippen LogP contribution in [0.3, 0.4) is 0 Å². The van der Waals surface area contributed by atoms with Gasteiger partial charge in [0, 0.05) is 29.6 Å². The summed E-state index contributed by atoms with van der Waals surface area (Å²) in [5, 5.41) is 0. The van der Waals surface area contributed by atoms with Crippen molar-refractivity contribution in [1.29, 1.82) is 0 Å². The molecule has 11 heteroatoms. The zero-order valence-electron chi connectivity index (χ0n) is 41.0. The van der Waals surface area contributed by atoms with Crippen molar-refractivity contribution in [3.05, 3.63) is 282 Å². The molecule has 0 aliphatic heterocycles. The third kappa shape index (κ3) is 12.3. The fraction of sp³-hybridized carbons (Fsp3) is 0.0625. The maximum Gasteiger partial charge on any atom is 0.335 e. The van der Waals surface area contributed by atoms with E-state index in [0.717, 1.165) is 67.7 Å². The fourth-order valence-electron chi connectivity index (χ4n) is 8.48. The normalized spacial score (nSPS) is 11.3. The number of hydrogen-bond donors (Lipinski definition) is 0. The summed E-state index contributed by atoms with van der Waals surface area (Å²) < 4.78 is 64.2. The summed E-state index contributed by atoms with van der Waals surface area (Å²) in [4.78, 5) is 26.0. The molecule has 0 aromatic heterocycles. The maximum absolute atomic E-state index is 13.5. The summed E-state index contributed by atoms with van der Waals surface area (Å²) in [6, 6.07) is 71.1. The number of carbonyl (C=O) groups is 2. The van der Waals surface area contributed by atoms with Crippen molar-refractivity contribution in [3.63, 3.8) is 0 Å². The summed E-state index contributed by atoms with van der Waals surface area (Å²) in [6.45, 7) is 5.07. The molecule has 0 saturated heterocycles. The zero-order valence-corrected chi connectivity index (χ0v) is 42.6. The molecule has 9 aromatic rings. The molecule has 9 aromatic carbocycles. The average molecular weight is 1030 g/mol. The Morgan fingerprint density at radius 2 is 0.773 bits per heavy atom. The predicted octanol–water partition coefficient (Wildman–Crippen LogP) is 14.0. The van der Waals surface area contributed by atoms with Crippen LogP contribution in [0.5, 0.6) is 11.5 Å². The highest BCUT2D eigenvalue weighted by Gasteiger charge is 2.20. The smallest absolute Gasteiger partial charge is 0.335 e. The quantitative estimate of drug-likeness (QED) is 0.0357. The molecule has 75 heavy (non-hydrogen) atoms. The van der Waals surface area contributed by atoms with Gasteiger partial charge in [-0.25, -0.2) is 21.6 Å². The third-order valence-electron chi connectivity index (χ3n) is 12.5. The largest absolute Gasteiger partial charge is 0.427 e. The van der Waals surface area contributed by atoms with Gasteiger partial charge in [0.05, 0.1) is 19.6 Å². The van der Waals surface area contributed by atoms with E-state index in [9.17, 15) is 26.4 Å². The van der Waals surface area contributed by atoms with E-state index in [1.54, 1.807) is 31.2 Å². The van der Waals surface area contributed by atoms with Gasteiger partial charge >= 0.3 is 11.9 Å². The van der Waals surface area contributed by atoms with E-state index < -0.39 is 31.6 Å². The van der Waals surface area contributed by atoms with E-state index in [1.807, 2.05) is 60.7 Å². The second-order valence-corrected chi connectivity index (χ2v) is 21.5. The molecule has 0 N–H and O–H groups in total. The molecule has 0 fully saturated rings. The molecular formula is C64H51NO8S2. The van der Waals surface area contributed by atoms with Gasteiger partial charge < -0.3 is 14.4 Å². The standard InChI is InChI=1S/C64H51NO8S2/c1-3-63(66)72-56-31-39-60(40-32-56)74(68,69)58-35-21-48(22-36-58)43-46-15-25-53(26-16-46)65(55-29-19-50(20-30-55)45-62(51-11-7-5-8-12-51)52-13-9-6-10-14-52)54-27-17-47(18-28-54)44-49-23-37-59(38-24-49)75(70,71)61-41-33-57(34-42-61)73-64(67)4-2/h3,5-42,45H,1,4,43-44H2,2H3. The first kappa shape index (κ1) is 51.0. The number of nitrogens with zero attached hydrogens (tertiary/aromatic N) is 1. The lowest BCUT2D eigenvalue weighted by atomic mass is 9.95. The van der Waals surface area contributed by atoms with E-state index in [0.29, 0.717) is 12.8 Å². The van der Waals surface area contributed by atoms with Crippen LogP contribution in [0, 0.1) is 0 Å². The van der Waals surface area contributed by atoms with Gasteiger partial charge in [-0.15, -0.1) is 0 Å². The first-order chi connectivity index (χ1) is 36.4. The Kier molecular flexibility index (Phi) is 15.6. The van der Waals surface area contributed by atoms with Crippen LogP contribution >= 0.6 is 0 Å². The van der Waals surface area contributed by atoms with Crippen LogP contribution in [0.2, 0.25) is 0 Å². The number of esters is 2. The lowest BCUT2D eigenvalue weighted by Crippen LogP contribution is -2.10. The number of hydrogen-bond acceptors (Lipinski definition) is 9. The van der Waals surface area contributed by atoms with Gasteiger partial charge in [0.15, 0.2) is 0 Å². The van der Waals surface area contributed by atoms with Crippen LogP contribution in [-0.4, -0.2) is 28.8 Å². The number of sulfone groups is 2. The monoisotopic (exact) mass is 1030 g/mol. The number of benzene rings is 9. The van der Waals surface area contributed by atoms with Crippen molar-refractivity contribution in [2.24, 2.45) is 0 Å². The highest BCUT2D eigenvalue weighted by Crippen LogP contribution is 2.37. The molecule has 9 rings (SSSR count). The molecule has 0 aliphatic rings. The Hall–Kier alpha value is -8.90. The van der Waals surface area contributed by atoms with Crippen LogP contribution < -0.4 is 14.4 Å². The molecule has 0 unspecified atom stereocenters. The van der Waals surface area contributed by atoms with E-state index in [-0.39, 0.29) is 37.5 Å². The van der Waals surface area contributed by atoms with Crippen molar-refractivity contribution < 1.29 is 35.9 Å².